The second-order valence-electron chi connectivity index (χ2n) is 4.15. The molecule has 0 aliphatic heterocycles. The summed E-state index contributed by atoms with van der Waals surface area (Å²) in [5.41, 5.74) is 6.70. The quantitative estimate of drug-likeness (QED) is 0.751. The van der Waals surface area contributed by atoms with Crippen LogP contribution in [0.25, 0.3) is 0 Å². The molecule has 7 heteroatoms. The normalized spacial score (nSPS) is 11.3. The summed E-state index contributed by atoms with van der Waals surface area (Å²) in [5.74, 6) is -0.329. The molecule has 0 saturated heterocycles. The minimum atomic E-state index is -3.76. The maximum Gasteiger partial charge on any atom is 0.243 e. The highest BCUT2D eigenvalue weighted by Crippen LogP contribution is 2.18. The third-order valence-electron chi connectivity index (χ3n) is 2.37. The number of nitrogens with one attached hydrogen (secondary N) is 1. The summed E-state index contributed by atoms with van der Waals surface area (Å²) in [6.45, 7) is 1.53. The zero-order chi connectivity index (χ0) is 13.9. The lowest BCUT2D eigenvalue weighted by atomic mass is 10.2. The molecule has 0 fully saturated rings. The Morgan fingerprint density at radius 1 is 1.39 bits per heavy atom. The van der Waals surface area contributed by atoms with E-state index in [1.54, 1.807) is 26.2 Å². The number of sulfonamides is 1. The van der Waals surface area contributed by atoms with E-state index in [0.717, 1.165) is 5.56 Å². The first-order valence-corrected chi connectivity index (χ1v) is 6.78. The topological polar surface area (TPSA) is 92.5 Å². The van der Waals surface area contributed by atoms with Crippen molar-refractivity contribution < 1.29 is 13.2 Å². The van der Waals surface area contributed by atoms with Crippen molar-refractivity contribution in [2.24, 2.45) is 0 Å². The summed E-state index contributed by atoms with van der Waals surface area (Å²) < 4.78 is 26.1. The van der Waals surface area contributed by atoms with Crippen molar-refractivity contribution in [2.75, 3.05) is 26.4 Å². The number of hydrogen-bond acceptors (Lipinski definition) is 4. The maximum atomic E-state index is 11.9. The number of hydrogen-bond donors (Lipinski definition) is 2. The minimum absolute atomic E-state index is 0.0142. The number of carbonyl (C=O) groups is 1. The van der Waals surface area contributed by atoms with Crippen molar-refractivity contribution >= 4 is 21.6 Å². The van der Waals surface area contributed by atoms with E-state index in [4.69, 9.17) is 5.73 Å². The molecule has 3 N–H and O–H groups in total. The van der Waals surface area contributed by atoms with Crippen molar-refractivity contribution in [1.82, 2.24) is 9.62 Å². The van der Waals surface area contributed by atoms with Crippen LogP contribution in [0.2, 0.25) is 0 Å². The number of anilines is 1. The molecule has 0 spiro atoms. The van der Waals surface area contributed by atoms with Gasteiger partial charge in [0.1, 0.15) is 4.90 Å². The van der Waals surface area contributed by atoms with Gasteiger partial charge in [-0.15, -0.1) is 0 Å². The Kier molecular flexibility index (Phi) is 4.31. The van der Waals surface area contributed by atoms with Gasteiger partial charge < -0.3 is 10.6 Å². The molecule has 0 heterocycles. The fourth-order valence-corrected chi connectivity index (χ4v) is 2.39. The number of aryl methyl sites for hydroxylation is 1. The third-order valence-corrected chi connectivity index (χ3v) is 3.84. The van der Waals surface area contributed by atoms with E-state index in [1.165, 1.54) is 11.0 Å². The zero-order valence-corrected chi connectivity index (χ0v) is 11.4. The smallest absolute Gasteiger partial charge is 0.243 e. The molecule has 0 aliphatic rings. The molecule has 0 saturated carbocycles. The highest BCUT2D eigenvalue weighted by molar-refractivity contribution is 7.89. The van der Waals surface area contributed by atoms with Crippen LogP contribution in [-0.2, 0) is 14.8 Å². The summed E-state index contributed by atoms with van der Waals surface area (Å²) in [4.78, 5) is 12.6. The van der Waals surface area contributed by atoms with Crippen molar-refractivity contribution in [3.8, 4) is 0 Å². The van der Waals surface area contributed by atoms with E-state index < -0.39 is 10.0 Å². The number of benzene rings is 1. The van der Waals surface area contributed by atoms with Crippen molar-refractivity contribution in [3.05, 3.63) is 23.8 Å². The van der Waals surface area contributed by atoms with Crippen LogP contribution in [0, 0.1) is 6.92 Å². The third kappa shape index (κ3) is 3.44. The van der Waals surface area contributed by atoms with Crippen LogP contribution in [0.1, 0.15) is 5.56 Å². The SMILES string of the molecule is Cc1ccc(S(=O)(=O)NCC(=O)N(C)C)c(N)c1. The lowest BCUT2D eigenvalue weighted by Gasteiger charge is -2.12. The molecule has 0 unspecified atom stereocenters. The molecule has 0 aliphatic carbocycles. The lowest BCUT2D eigenvalue weighted by molar-refractivity contribution is -0.127. The van der Waals surface area contributed by atoms with Crippen LogP contribution < -0.4 is 10.5 Å². The molecule has 0 atom stereocenters. The minimum Gasteiger partial charge on any atom is -0.398 e. The monoisotopic (exact) mass is 271 g/mol. The van der Waals surface area contributed by atoms with Gasteiger partial charge in [0.2, 0.25) is 15.9 Å². The summed E-state index contributed by atoms with van der Waals surface area (Å²) in [7, 11) is -0.654. The zero-order valence-electron chi connectivity index (χ0n) is 10.6. The number of likely N-dealkylation sites (N-methyl/N-ethyl adjacent to an activating group) is 1. The molecular weight excluding hydrogens is 254 g/mol. The molecule has 0 bridgehead atoms. The highest BCUT2D eigenvalue weighted by Gasteiger charge is 2.18. The standard InChI is InChI=1S/C11H17N3O3S/c1-8-4-5-10(9(12)6-8)18(16,17)13-7-11(15)14(2)3/h4-6,13H,7,12H2,1-3H3. The predicted octanol–water partition coefficient (Wildman–Crippen LogP) is -0.0563. The first-order valence-electron chi connectivity index (χ1n) is 5.30. The first-order chi connectivity index (χ1) is 8.24. The van der Waals surface area contributed by atoms with Crippen LogP contribution in [0.3, 0.4) is 0 Å². The molecule has 1 aromatic carbocycles. The Bertz CT molecular complexity index is 553. The lowest BCUT2D eigenvalue weighted by Crippen LogP contribution is -2.36. The van der Waals surface area contributed by atoms with Crippen LogP contribution in [0.4, 0.5) is 5.69 Å². The van der Waals surface area contributed by atoms with Gasteiger partial charge in [0.25, 0.3) is 0 Å². The summed E-state index contributed by atoms with van der Waals surface area (Å²) >= 11 is 0. The molecule has 18 heavy (non-hydrogen) atoms. The predicted molar refractivity (Wildman–Crippen MR) is 69.5 cm³/mol. The van der Waals surface area contributed by atoms with Crippen LogP contribution in [0.5, 0.6) is 0 Å². The number of rotatable bonds is 4. The molecule has 1 rings (SSSR count). The van der Waals surface area contributed by atoms with Gasteiger partial charge >= 0.3 is 0 Å². The number of nitrogens with two attached hydrogens (primary N) is 1. The Hall–Kier alpha value is -1.60. The molecule has 100 valence electrons. The van der Waals surface area contributed by atoms with E-state index in [-0.39, 0.29) is 23.0 Å². The first kappa shape index (κ1) is 14.5. The molecule has 6 nitrogen and oxygen atoms in total. The van der Waals surface area contributed by atoms with E-state index >= 15 is 0 Å². The van der Waals surface area contributed by atoms with Gasteiger partial charge in [-0.25, -0.2) is 13.1 Å². The molecular formula is C11H17N3O3S. The van der Waals surface area contributed by atoms with E-state index in [2.05, 4.69) is 4.72 Å². The van der Waals surface area contributed by atoms with Crippen LogP contribution >= 0.6 is 0 Å². The van der Waals surface area contributed by atoms with E-state index in [9.17, 15) is 13.2 Å². The maximum absolute atomic E-state index is 11.9. The molecule has 0 radical (unpaired) electrons. The van der Waals surface area contributed by atoms with Crippen molar-refractivity contribution in [3.63, 3.8) is 0 Å². The number of nitrogens with zero attached hydrogens (tertiary/aromatic N) is 1. The van der Waals surface area contributed by atoms with Gasteiger partial charge in [-0.05, 0) is 24.6 Å². The average Bonchev–Trinajstić information content (AvgIpc) is 2.25. The Balaban J connectivity index is 2.90. The van der Waals surface area contributed by atoms with Crippen molar-refractivity contribution in [2.45, 2.75) is 11.8 Å². The fraction of sp³-hybridized carbons (Fsp3) is 0.364. The number of nitrogen functional groups attached to an aromatic ring is 1. The second kappa shape index (κ2) is 5.36. The Morgan fingerprint density at radius 3 is 2.50 bits per heavy atom. The fourth-order valence-electron chi connectivity index (χ4n) is 1.31. The van der Waals surface area contributed by atoms with Gasteiger partial charge in [0, 0.05) is 14.1 Å². The largest absolute Gasteiger partial charge is 0.398 e. The number of amides is 1. The summed E-state index contributed by atoms with van der Waals surface area (Å²) in [6.07, 6.45) is 0. The van der Waals surface area contributed by atoms with Gasteiger partial charge in [-0.1, -0.05) is 6.07 Å². The van der Waals surface area contributed by atoms with Crippen molar-refractivity contribution in [1.29, 1.82) is 0 Å². The Morgan fingerprint density at radius 2 is 2.00 bits per heavy atom. The molecule has 1 amide bonds. The Labute approximate surface area is 107 Å². The van der Waals surface area contributed by atoms with Crippen LogP contribution in [-0.4, -0.2) is 39.9 Å². The molecule has 0 aromatic heterocycles. The molecule has 1 aromatic rings. The average molecular weight is 271 g/mol. The van der Waals surface area contributed by atoms with Crippen LogP contribution in [0.15, 0.2) is 23.1 Å². The van der Waals surface area contributed by atoms with Gasteiger partial charge in [0.05, 0.1) is 12.2 Å². The number of carbonyl (C=O) groups excluding carboxylic acids is 1. The van der Waals surface area contributed by atoms with Gasteiger partial charge in [0.15, 0.2) is 0 Å². The van der Waals surface area contributed by atoms with E-state index in [0.29, 0.717) is 0 Å². The summed E-state index contributed by atoms with van der Waals surface area (Å²) in [5, 5.41) is 0. The highest BCUT2D eigenvalue weighted by atomic mass is 32.2. The van der Waals surface area contributed by atoms with Gasteiger partial charge in [-0.3, -0.25) is 4.79 Å². The van der Waals surface area contributed by atoms with E-state index in [1.807, 2.05) is 6.92 Å². The summed E-state index contributed by atoms with van der Waals surface area (Å²) in [6, 6.07) is 4.65. The second-order valence-corrected chi connectivity index (χ2v) is 5.89. The van der Waals surface area contributed by atoms with Gasteiger partial charge in [-0.2, -0.15) is 0 Å².